The van der Waals surface area contributed by atoms with Crippen molar-refractivity contribution in [1.29, 1.82) is 0 Å². The van der Waals surface area contributed by atoms with Gasteiger partial charge in [0.2, 0.25) is 0 Å². The summed E-state index contributed by atoms with van der Waals surface area (Å²) < 4.78 is 10.5. The largest absolute Gasteiger partial charge is 0.497 e. The number of ether oxygens (including phenoxy) is 2. The third kappa shape index (κ3) is 2.43. The van der Waals surface area contributed by atoms with Crippen molar-refractivity contribution in [3.63, 3.8) is 0 Å². The number of benzene rings is 1. The fourth-order valence-corrected chi connectivity index (χ4v) is 2.41. The Hall–Kier alpha value is -1.52. The molecule has 0 spiro atoms. The number of methoxy groups -OCH3 is 2. The minimum absolute atomic E-state index is 0.189. The topological polar surface area (TPSA) is 44.5 Å². The molecular weight excluding hydrogens is 234 g/mol. The van der Waals surface area contributed by atoms with E-state index in [4.69, 9.17) is 15.2 Å². The van der Waals surface area contributed by atoms with E-state index < -0.39 is 0 Å². The van der Waals surface area contributed by atoms with Crippen molar-refractivity contribution in [3.8, 4) is 11.5 Å². The van der Waals surface area contributed by atoms with Gasteiger partial charge in [0.05, 0.1) is 20.3 Å². The first-order valence-corrected chi connectivity index (χ1v) is 6.20. The molecule has 0 amide bonds. The molecule has 1 aromatic heterocycles. The van der Waals surface area contributed by atoms with Crippen molar-refractivity contribution in [2.75, 3.05) is 14.2 Å². The zero-order valence-electron chi connectivity index (χ0n) is 9.84. The van der Waals surface area contributed by atoms with Crippen LogP contribution in [-0.4, -0.2) is 14.2 Å². The summed E-state index contributed by atoms with van der Waals surface area (Å²) in [5, 5.41) is 4.06. The Morgan fingerprint density at radius 1 is 1.18 bits per heavy atom. The Morgan fingerprint density at radius 3 is 2.59 bits per heavy atom. The molecule has 0 fully saturated rings. The zero-order chi connectivity index (χ0) is 12.3. The molecule has 0 saturated carbocycles. The van der Waals surface area contributed by atoms with Crippen molar-refractivity contribution < 1.29 is 9.47 Å². The first kappa shape index (κ1) is 12.0. The molecule has 0 aliphatic heterocycles. The fourth-order valence-electron chi connectivity index (χ4n) is 1.71. The lowest BCUT2D eigenvalue weighted by Crippen LogP contribution is -2.12. The summed E-state index contributed by atoms with van der Waals surface area (Å²) in [6.45, 7) is 0. The molecule has 4 heteroatoms. The van der Waals surface area contributed by atoms with E-state index >= 15 is 0 Å². The summed E-state index contributed by atoms with van der Waals surface area (Å²) in [4.78, 5) is 0. The molecule has 2 N–H and O–H groups in total. The molecule has 0 radical (unpaired) electrons. The van der Waals surface area contributed by atoms with Gasteiger partial charge >= 0.3 is 0 Å². The van der Waals surface area contributed by atoms with Gasteiger partial charge in [0.15, 0.2) is 0 Å². The van der Waals surface area contributed by atoms with Crippen molar-refractivity contribution in [2.24, 2.45) is 5.73 Å². The third-order valence-electron chi connectivity index (χ3n) is 2.67. The lowest BCUT2D eigenvalue weighted by molar-refractivity contribution is 0.397. The van der Waals surface area contributed by atoms with E-state index in [-0.39, 0.29) is 6.04 Å². The quantitative estimate of drug-likeness (QED) is 0.906. The average molecular weight is 249 g/mol. The minimum atomic E-state index is -0.189. The van der Waals surface area contributed by atoms with E-state index in [1.54, 1.807) is 25.6 Å². The van der Waals surface area contributed by atoms with Crippen molar-refractivity contribution in [2.45, 2.75) is 6.04 Å². The molecule has 2 aromatic rings. The lowest BCUT2D eigenvalue weighted by atomic mass is 10.0. The van der Waals surface area contributed by atoms with E-state index in [1.165, 1.54) is 0 Å². The van der Waals surface area contributed by atoms with Gasteiger partial charge in [-0.2, -0.15) is 11.3 Å². The second kappa shape index (κ2) is 5.21. The normalized spacial score (nSPS) is 12.2. The van der Waals surface area contributed by atoms with Crippen LogP contribution in [0.5, 0.6) is 11.5 Å². The minimum Gasteiger partial charge on any atom is -0.497 e. The molecular formula is C13H15NO2S. The van der Waals surface area contributed by atoms with Crippen LogP contribution in [0.4, 0.5) is 0 Å². The molecule has 1 atom stereocenters. The Kier molecular flexibility index (Phi) is 3.66. The monoisotopic (exact) mass is 249 g/mol. The SMILES string of the molecule is COc1ccc(OC)c([C@H](N)c2ccsc2)c1. The average Bonchev–Trinajstić information content (AvgIpc) is 2.91. The summed E-state index contributed by atoms with van der Waals surface area (Å²) in [6.07, 6.45) is 0. The molecule has 1 aromatic carbocycles. The Bertz CT molecular complexity index is 482. The maximum atomic E-state index is 6.23. The number of hydrogen-bond acceptors (Lipinski definition) is 4. The van der Waals surface area contributed by atoms with Crippen LogP contribution in [0.15, 0.2) is 35.0 Å². The highest BCUT2D eigenvalue weighted by molar-refractivity contribution is 7.08. The highest BCUT2D eigenvalue weighted by atomic mass is 32.1. The number of rotatable bonds is 4. The first-order valence-electron chi connectivity index (χ1n) is 5.26. The summed E-state index contributed by atoms with van der Waals surface area (Å²) >= 11 is 1.63. The van der Waals surface area contributed by atoms with Crippen molar-refractivity contribution in [3.05, 3.63) is 46.2 Å². The van der Waals surface area contributed by atoms with Crippen LogP contribution >= 0.6 is 11.3 Å². The molecule has 1 heterocycles. The van der Waals surface area contributed by atoms with Gasteiger partial charge in [-0.1, -0.05) is 0 Å². The van der Waals surface area contributed by atoms with Crippen molar-refractivity contribution >= 4 is 11.3 Å². The molecule has 90 valence electrons. The van der Waals surface area contributed by atoms with Gasteiger partial charge in [-0.25, -0.2) is 0 Å². The van der Waals surface area contributed by atoms with Gasteiger partial charge in [0.1, 0.15) is 11.5 Å². The molecule has 2 rings (SSSR count). The molecule has 0 aliphatic carbocycles. The number of hydrogen-bond donors (Lipinski definition) is 1. The third-order valence-corrected chi connectivity index (χ3v) is 3.38. The van der Waals surface area contributed by atoms with Gasteiger partial charge in [0, 0.05) is 5.56 Å². The maximum absolute atomic E-state index is 6.23. The Labute approximate surface area is 105 Å². The lowest BCUT2D eigenvalue weighted by Gasteiger charge is -2.15. The molecule has 0 aliphatic rings. The van der Waals surface area contributed by atoms with Crippen molar-refractivity contribution in [1.82, 2.24) is 0 Å². The zero-order valence-corrected chi connectivity index (χ0v) is 10.7. The Morgan fingerprint density at radius 2 is 2.00 bits per heavy atom. The van der Waals surface area contributed by atoms with Crippen LogP contribution in [0.1, 0.15) is 17.2 Å². The summed E-state index contributed by atoms with van der Waals surface area (Å²) in [7, 11) is 3.29. The van der Waals surface area contributed by atoms with Crippen LogP contribution in [0.2, 0.25) is 0 Å². The standard InChI is InChI=1S/C13H15NO2S/c1-15-10-3-4-12(16-2)11(7-10)13(14)9-5-6-17-8-9/h3-8,13H,14H2,1-2H3/t13-/m1/s1. The molecule has 0 bridgehead atoms. The molecule has 17 heavy (non-hydrogen) atoms. The second-order valence-corrected chi connectivity index (χ2v) is 4.42. The van der Waals surface area contributed by atoms with Crippen LogP contribution in [0.3, 0.4) is 0 Å². The predicted octanol–water partition coefficient (Wildman–Crippen LogP) is 2.81. The maximum Gasteiger partial charge on any atom is 0.124 e. The van der Waals surface area contributed by atoms with Gasteiger partial charge < -0.3 is 15.2 Å². The van der Waals surface area contributed by atoms with Crippen LogP contribution in [0.25, 0.3) is 0 Å². The van der Waals surface area contributed by atoms with E-state index in [1.807, 2.05) is 35.0 Å². The molecule has 0 saturated heterocycles. The smallest absolute Gasteiger partial charge is 0.124 e. The van der Waals surface area contributed by atoms with Gasteiger partial charge in [-0.3, -0.25) is 0 Å². The van der Waals surface area contributed by atoms with Crippen LogP contribution < -0.4 is 15.2 Å². The van der Waals surface area contributed by atoms with E-state index in [2.05, 4.69) is 0 Å². The van der Waals surface area contributed by atoms with Gasteiger partial charge in [-0.05, 0) is 40.6 Å². The van der Waals surface area contributed by atoms with Crippen LogP contribution in [-0.2, 0) is 0 Å². The van der Waals surface area contributed by atoms with E-state index in [0.29, 0.717) is 0 Å². The van der Waals surface area contributed by atoms with Gasteiger partial charge in [0.25, 0.3) is 0 Å². The predicted molar refractivity (Wildman–Crippen MR) is 69.9 cm³/mol. The second-order valence-electron chi connectivity index (χ2n) is 3.64. The summed E-state index contributed by atoms with van der Waals surface area (Å²) in [5.41, 5.74) is 8.25. The highest BCUT2D eigenvalue weighted by Gasteiger charge is 2.15. The number of nitrogens with two attached hydrogens (primary N) is 1. The summed E-state index contributed by atoms with van der Waals surface area (Å²) in [6, 6.07) is 7.49. The molecule has 0 unspecified atom stereocenters. The van der Waals surface area contributed by atoms with E-state index in [0.717, 1.165) is 22.6 Å². The molecule has 3 nitrogen and oxygen atoms in total. The summed E-state index contributed by atoms with van der Waals surface area (Å²) in [5.74, 6) is 1.57. The van der Waals surface area contributed by atoms with Gasteiger partial charge in [-0.15, -0.1) is 0 Å². The van der Waals surface area contributed by atoms with Crippen LogP contribution in [0, 0.1) is 0 Å². The van der Waals surface area contributed by atoms with E-state index in [9.17, 15) is 0 Å². The Balaban J connectivity index is 2.41. The number of thiophene rings is 1. The fraction of sp³-hybridized carbons (Fsp3) is 0.231. The first-order chi connectivity index (χ1) is 8.26. The highest BCUT2D eigenvalue weighted by Crippen LogP contribution is 2.32.